The lowest BCUT2D eigenvalue weighted by Crippen LogP contribution is -2.20. The van der Waals surface area contributed by atoms with E-state index in [1.54, 1.807) is 0 Å². The zero-order valence-electron chi connectivity index (χ0n) is 10.5. The van der Waals surface area contributed by atoms with Crippen LogP contribution in [0, 0.1) is 12.3 Å². The summed E-state index contributed by atoms with van der Waals surface area (Å²) in [6.45, 7) is 5.81. The number of rotatable bonds is 6. The van der Waals surface area contributed by atoms with Crippen LogP contribution >= 0.6 is 0 Å². The molecule has 1 heterocycles. The van der Waals surface area contributed by atoms with E-state index in [2.05, 4.69) is 20.6 Å². The number of hydrogen-bond donors (Lipinski definition) is 3. The summed E-state index contributed by atoms with van der Waals surface area (Å²) >= 11 is 0. The first kappa shape index (κ1) is 12.1. The third kappa shape index (κ3) is 3.06. The van der Waals surface area contributed by atoms with Gasteiger partial charge in [0.1, 0.15) is 5.82 Å². The number of nitrogens with zero attached hydrogens (tertiary/aromatic N) is 2. The van der Waals surface area contributed by atoms with Crippen molar-refractivity contribution in [2.24, 2.45) is 5.41 Å². The Morgan fingerprint density at radius 1 is 1.35 bits per heavy atom. The smallest absolute Gasteiger partial charge is 0.224 e. The van der Waals surface area contributed by atoms with Gasteiger partial charge in [-0.25, -0.2) is 4.98 Å². The standard InChI is InChI=1S/C12H20N4O/c1-3-13-11-15-9(2)6-10(16-11)14-7-12(8-17)4-5-12/h6,17H,3-5,7-8H2,1-2H3,(H2,13,14,15,16). The van der Waals surface area contributed by atoms with Gasteiger partial charge in [-0.1, -0.05) is 0 Å². The predicted molar refractivity (Wildman–Crippen MR) is 68.2 cm³/mol. The minimum Gasteiger partial charge on any atom is -0.396 e. The van der Waals surface area contributed by atoms with Crippen molar-refractivity contribution in [3.05, 3.63) is 11.8 Å². The average Bonchev–Trinajstić information content (AvgIpc) is 3.07. The fraction of sp³-hybridized carbons (Fsp3) is 0.667. The highest BCUT2D eigenvalue weighted by atomic mass is 16.3. The van der Waals surface area contributed by atoms with Crippen LogP contribution < -0.4 is 10.6 Å². The van der Waals surface area contributed by atoms with Gasteiger partial charge >= 0.3 is 0 Å². The topological polar surface area (TPSA) is 70.1 Å². The summed E-state index contributed by atoms with van der Waals surface area (Å²) in [5, 5.41) is 15.6. The Kier molecular flexibility index (Phi) is 3.47. The maximum atomic E-state index is 9.24. The van der Waals surface area contributed by atoms with Crippen molar-refractivity contribution in [1.29, 1.82) is 0 Å². The van der Waals surface area contributed by atoms with Crippen molar-refractivity contribution < 1.29 is 5.11 Å². The lowest BCUT2D eigenvalue weighted by atomic mass is 10.1. The molecule has 2 rings (SSSR count). The fourth-order valence-electron chi connectivity index (χ4n) is 1.74. The molecule has 1 aliphatic rings. The maximum Gasteiger partial charge on any atom is 0.224 e. The van der Waals surface area contributed by atoms with Crippen LogP contribution in [0.5, 0.6) is 0 Å². The Labute approximate surface area is 102 Å². The number of aryl methyl sites for hydroxylation is 1. The minimum atomic E-state index is 0.0944. The Balaban J connectivity index is 2.00. The highest BCUT2D eigenvalue weighted by molar-refractivity contribution is 5.42. The van der Waals surface area contributed by atoms with Crippen LogP contribution in [0.1, 0.15) is 25.5 Å². The molecule has 0 bridgehead atoms. The molecule has 0 unspecified atom stereocenters. The minimum absolute atomic E-state index is 0.0944. The molecule has 0 aromatic carbocycles. The molecule has 0 radical (unpaired) electrons. The summed E-state index contributed by atoms with van der Waals surface area (Å²) in [5.41, 5.74) is 1.03. The second kappa shape index (κ2) is 4.87. The van der Waals surface area contributed by atoms with Gasteiger partial charge < -0.3 is 15.7 Å². The van der Waals surface area contributed by atoms with Gasteiger partial charge in [-0.3, -0.25) is 0 Å². The van der Waals surface area contributed by atoms with E-state index in [0.717, 1.165) is 37.4 Å². The second-order valence-electron chi connectivity index (χ2n) is 4.76. The van der Waals surface area contributed by atoms with E-state index in [4.69, 9.17) is 0 Å². The highest BCUT2D eigenvalue weighted by Gasteiger charge is 2.41. The quantitative estimate of drug-likeness (QED) is 0.696. The van der Waals surface area contributed by atoms with Gasteiger partial charge in [-0.15, -0.1) is 0 Å². The molecule has 1 aromatic heterocycles. The summed E-state index contributed by atoms with van der Waals surface area (Å²) in [6.07, 6.45) is 2.20. The van der Waals surface area contributed by atoms with Crippen molar-refractivity contribution in [3.8, 4) is 0 Å². The van der Waals surface area contributed by atoms with Crippen molar-refractivity contribution in [3.63, 3.8) is 0 Å². The lowest BCUT2D eigenvalue weighted by molar-refractivity contribution is 0.219. The van der Waals surface area contributed by atoms with Gasteiger partial charge in [0.05, 0.1) is 6.61 Å². The molecule has 1 aromatic rings. The van der Waals surface area contributed by atoms with Gasteiger partial charge in [-0.05, 0) is 26.7 Å². The van der Waals surface area contributed by atoms with E-state index in [9.17, 15) is 5.11 Å². The van der Waals surface area contributed by atoms with Crippen LogP contribution in [0.25, 0.3) is 0 Å². The van der Waals surface area contributed by atoms with Crippen LogP contribution in [0.4, 0.5) is 11.8 Å². The largest absolute Gasteiger partial charge is 0.396 e. The number of anilines is 2. The monoisotopic (exact) mass is 236 g/mol. The fourth-order valence-corrected chi connectivity index (χ4v) is 1.74. The molecule has 5 heteroatoms. The molecule has 0 atom stereocenters. The average molecular weight is 236 g/mol. The van der Waals surface area contributed by atoms with Crippen LogP contribution in [0.3, 0.4) is 0 Å². The summed E-state index contributed by atoms with van der Waals surface area (Å²) in [4.78, 5) is 8.67. The maximum absolute atomic E-state index is 9.24. The number of aliphatic hydroxyl groups is 1. The zero-order valence-corrected chi connectivity index (χ0v) is 10.5. The first-order valence-corrected chi connectivity index (χ1v) is 6.12. The van der Waals surface area contributed by atoms with Gasteiger partial charge in [0.2, 0.25) is 5.95 Å². The van der Waals surface area contributed by atoms with Gasteiger partial charge in [-0.2, -0.15) is 4.98 Å². The second-order valence-corrected chi connectivity index (χ2v) is 4.76. The van der Waals surface area contributed by atoms with Crippen LogP contribution in [-0.2, 0) is 0 Å². The van der Waals surface area contributed by atoms with Gasteiger partial charge in [0.25, 0.3) is 0 Å². The Bertz CT molecular complexity index is 390. The van der Waals surface area contributed by atoms with Crippen LogP contribution in [-0.4, -0.2) is 34.8 Å². The highest BCUT2D eigenvalue weighted by Crippen LogP contribution is 2.44. The zero-order chi connectivity index (χ0) is 12.3. The van der Waals surface area contributed by atoms with Crippen molar-refractivity contribution >= 4 is 11.8 Å². The first-order chi connectivity index (χ1) is 8.17. The van der Waals surface area contributed by atoms with Crippen molar-refractivity contribution in [2.45, 2.75) is 26.7 Å². The van der Waals surface area contributed by atoms with Crippen molar-refractivity contribution in [2.75, 3.05) is 30.3 Å². The van der Waals surface area contributed by atoms with E-state index in [0.29, 0.717) is 5.95 Å². The molecule has 1 saturated carbocycles. The predicted octanol–water partition coefficient (Wildman–Crippen LogP) is 1.40. The normalized spacial score (nSPS) is 16.6. The summed E-state index contributed by atoms with van der Waals surface area (Å²) in [5.74, 6) is 1.48. The van der Waals surface area contributed by atoms with Crippen LogP contribution in [0.2, 0.25) is 0 Å². The summed E-state index contributed by atoms with van der Waals surface area (Å²) in [7, 11) is 0. The SMILES string of the molecule is CCNc1nc(C)cc(NCC2(CO)CC2)n1. The molecule has 94 valence electrons. The molecular weight excluding hydrogens is 216 g/mol. The van der Waals surface area contributed by atoms with E-state index >= 15 is 0 Å². The van der Waals surface area contributed by atoms with E-state index in [-0.39, 0.29) is 12.0 Å². The number of aliphatic hydroxyl groups excluding tert-OH is 1. The summed E-state index contributed by atoms with van der Waals surface area (Å²) in [6, 6.07) is 1.92. The van der Waals surface area contributed by atoms with Gasteiger partial charge in [0.15, 0.2) is 0 Å². The van der Waals surface area contributed by atoms with Crippen LogP contribution in [0.15, 0.2) is 6.07 Å². The Hall–Kier alpha value is -1.36. The molecule has 3 N–H and O–H groups in total. The van der Waals surface area contributed by atoms with E-state index in [1.165, 1.54) is 0 Å². The number of aromatic nitrogens is 2. The molecule has 5 nitrogen and oxygen atoms in total. The van der Waals surface area contributed by atoms with Crippen molar-refractivity contribution in [1.82, 2.24) is 9.97 Å². The molecule has 0 aliphatic heterocycles. The number of nitrogens with one attached hydrogen (secondary N) is 2. The third-order valence-electron chi connectivity index (χ3n) is 3.13. The van der Waals surface area contributed by atoms with Gasteiger partial charge in [0, 0.05) is 30.3 Å². The molecular formula is C12H20N4O. The Morgan fingerprint density at radius 2 is 2.12 bits per heavy atom. The lowest BCUT2D eigenvalue weighted by Gasteiger charge is -2.14. The molecule has 0 saturated heterocycles. The van der Waals surface area contributed by atoms with E-state index in [1.807, 2.05) is 19.9 Å². The molecule has 0 amide bonds. The molecule has 1 fully saturated rings. The molecule has 17 heavy (non-hydrogen) atoms. The first-order valence-electron chi connectivity index (χ1n) is 6.12. The summed E-state index contributed by atoms with van der Waals surface area (Å²) < 4.78 is 0. The molecule has 0 spiro atoms. The Morgan fingerprint density at radius 3 is 2.71 bits per heavy atom. The number of hydrogen-bond acceptors (Lipinski definition) is 5. The third-order valence-corrected chi connectivity index (χ3v) is 3.13. The van der Waals surface area contributed by atoms with E-state index < -0.39 is 0 Å². The molecule has 1 aliphatic carbocycles.